The highest BCUT2D eigenvalue weighted by Crippen LogP contribution is 1.97. The average Bonchev–Trinajstić information content (AvgIpc) is 2.77. The summed E-state index contributed by atoms with van der Waals surface area (Å²) in [6, 6.07) is 0. The lowest BCUT2D eigenvalue weighted by atomic mass is 10.5. The third kappa shape index (κ3) is 2.33. The molecule has 2 aromatic rings. The van der Waals surface area contributed by atoms with E-state index in [2.05, 4.69) is 25.0 Å². The van der Waals surface area contributed by atoms with Crippen molar-refractivity contribution in [3.8, 4) is 0 Å². The Bertz CT molecular complexity index is 384. The third-order valence-electron chi connectivity index (χ3n) is 1.56. The molecular formula is C7H9N5OS. The molecule has 14 heavy (non-hydrogen) atoms. The van der Waals surface area contributed by atoms with Gasteiger partial charge in [-0.1, -0.05) is 9.64 Å². The number of aromatic nitrogens is 4. The summed E-state index contributed by atoms with van der Waals surface area (Å²) in [6.45, 7) is 3.01. The van der Waals surface area contributed by atoms with Gasteiger partial charge in [0.25, 0.3) is 0 Å². The van der Waals surface area contributed by atoms with Crippen LogP contribution in [0.2, 0.25) is 0 Å². The van der Waals surface area contributed by atoms with Crippen LogP contribution in [0.1, 0.15) is 17.4 Å². The Labute approximate surface area is 84.5 Å². The van der Waals surface area contributed by atoms with E-state index in [1.165, 1.54) is 11.5 Å². The van der Waals surface area contributed by atoms with Crippen LogP contribution in [0.3, 0.4) is 0 Å². The number of hydrogen-bond donors (Lipinski definition) is 1. The zero-order chi connectivity index (χ0) is 9.80. The van der Waals surface area contributed by atoms with E-state index < -0.39 is 0 Å². The molecule has 0 amide bonds. The molecule has 2 heterocycles. The molecule has 0 aliphatic heterocycles. The quantitative estimate of drug-likeness (QED) is 0.794. The fourth-order valence-electron chi connectivity index (χ4n) is 0.976. The molecule has 0 bridgehead atoms. The summed E-state index contributed by atoms with van der Waals surface area (Å²) < 4.78 is 8.58. The Morgan fingerprint density at radius 1 is 1.50 bits per heavy atom. The molecule has 2 rings (SSSR count). The molecule has 0 radical (unpaired) electrons. The fourth-order valence-corrected chi connectivity index (χ4v) is 1.43. The second-order valence-electron chi connectivity index (χ2n) is 2.73. The first-order valence-corrected chi connectivity index (χ1v) is 4.94. The molecule has 2 aromatic heterocycles. The van der Waals surface area contributed by atoms with Crippen molar-refractivity contribution in [1.29, 1.82) is 0 Å². The van der Waals surface area contributed by atoms with Crippen molar-refractivity contribution >= 4 is 11.5 Å². The highest BCUT2D eigenvalue weighted by molar-refractivity contribution is 7.03. The third-order valence-corrected chi connectivity index (χ3v) is 2.12. The van der Waals surface area contributed by atoms with Crippen LogP contribution in [0.4, 0.5) is 0 Å². The normalized spacial score (nSPS) is 10.6. The maximum absolute atomic E-state index is 4.83. The van der Waals surface area contributed by atoms with Gasteiger partial charge in [-0.15, -0.1) is 5.10 Å². The van der Waals surface area contributed by atoms with E-state index in [0.717, 1.165) is 5.69 Å². The lowest BCUT2D eigenvalue weighted by molar-refractivity contribution is 0.385. The van der Waals surface area contributed by atoms with Gasteiger partial charge in [-0.25, -0.2) is 0 Å². The molecular weight excluding hydrogens is 202 g/mol. The van der Waals surface area contributed by atoms with Crippen LogP contribution in [-0.2, 0) is 13.1 Å². The molecule has 74 valence electrons. The van der Waals surface area contributed by atoms with Crippen molar-refractivity contribution in [1.82, 2.24) is 25.0 Å². The standard InChI is InChI=1S/C7H9N5OS/c1-5-9-7(11-13-5)3-8-2-6-4-14-12-10-6/h4,8H,2-3H2,1H3. The summed E-state index contributed by atoms with van der Waals surface area (Å²) in [5.41, 5.74) is 0.926. The van der Waals surface area contributed by atoms with Crippen molar-refractivity contribution in [2.75, 3.05) is 0 Å². The molecule has 0 fully saturated rings. The van der Waals surface area contributed by atoms with E-state index in [1.807, 2.05) is 5.38 Å². The minimum Gasteiger partial charge on any atom is -0.340 e. The van der Waals surface area contributed by atoms with Gasteiger partial charge in [-0.2, -0.15) is 4.98 Å². The molecule has 0 saturated heterocycles. The first-order valence-electron chi connectivity index (χ1n) is 4.10. The monoisotopic (exact) mass is 211 g/mol. The summed E-state index contributed by atoms with van der Waals surface area (Å²) in [6.07, 6.45) is 0. The Balaban J connectivity index is 1.78. The predicted molar refractivity (Wildman–Crippen MR) is 49.5 cm³/mol. The lowest BCUT2D eigenvalue weighted by Crippen LogP contribution is -2.13. The minimum absolute atomic E-state index is 0.578. The first kappa shape index (κ1) is 9.22. The van der Waals surface area contributed by atoms with Crippen LogP contribution >= 0.6 is 11.5 Å². The van der Waals surface area contributed by atoms with Gasteiger partial charge in [0.05, 0.1) is 12.2 Å². The summed E-state index contributed by atoms with van der Waals surface area (Å²) in [5, 5.41) is 12.7. The SMILES string of the molecule is Cc1nc(CNCc2csnn2)no1. The van der Waals surface area contributed by atoms with Crippen LogP contribution in [0.15, 0.2) is 9.90 Å². The topological polar surface area (TPSA) is 76.7 Å². The Kier molecular flexibility index (Phi) is 2.80. The number of nitrogens with one attached hydrogen (secondary N) is 1. The zero-order valence-electron chi connectivity index (χ0n) is 7.60. The second kappa shape index (κ2) is 4.25. The minimum atomic E-state index is 0.578. The van der Waals surface area contributed by atoms with Crippen molar-refractivity contribution in [3.05, 3.63) is 22.8 Å². The van der Waals surface area contributed by atoms with Crippen molar-refractivity contribution in [2.24, 2.45) is 0 Å². The maximum Gasteiger partial charge on any atom is 0.223 e. The average molecular weight is 211 g/mol. The largest absolute Gasteiger partial charge is 0.340 e. The maximum atomic E-state index is 4.83. The molecule has 0 aliphatic rings. The van der Waals surface area contributed by atoms with Gasteiger partial charge in [0, 0.05) is 18.8 Å². The van der Waals surface area contributed by atoms with Gasteiger partial charge in [-0.05, 0) is 11.5 Å². The smallest absolute Gasteiger partial charge is 0.223 e. The van der Waals surface area contributed by atoms with Crippen LogP contribution in [0.5, 0.6) is 0 Å². The van der Waals surface area contributed by atoms with Gasteiger partial charge < -0.3 is 9.84 Å². The molecule has 0 spiro atoms. The highest BCUT2D eigenvalue weighted by Gasteiger charge is 2.01. The second-order valence-corrected chi connectivity index (χ2v) is 3.34. The van der Waals surface area contributed by atoms with Crippen LogP contribution in [0, 0.1) is 6.92 Å². The van der Waals surface area contributed by atoms with E-state index in [1.54, 1.807) is 6.92 Å². The van der Waals surface area contributed by atoms with Gasteiger partial charge in [0.2, 0.25) is 5.89 Å². The van der Waals surface area contributed by atoms with Crippen molar-refractivity contribution < 1.29 is 4.52 Å². The Hall–Kier alpha value is -1.34. The summed E-state index contributed by atoms with van der Waals surface area (Å²) in [4.78, 5) is 4.06. The molecule has 0 saturated carbocycles. The van der Waals surface area contributed by atoms with E-state index in [-0.39, 0.29) is 0 Å². The molecule has 0 atom stereocenters. The van der Waals surface area contributed by atoms with Gasteiger partial charge in [0.1, 0.15) is 0 Å². The van der Waals surface area contributed by atoms with Crippen LogP contribution in [0.25, 0.3) is 0 Å². The number of rotatable bonds is 4. The molecule has 0 unspecified atom stereocenters. The van der Waals surface area contributed by atoms with Gasteiger partial charge in [-0.3, -0.25) is 0 Å². The van der Waals surface area contributed by atoms with Gasteiger partial charge >= 0.3 is 0 Å². The van der Waals surface area contributed by atoms with Crippen LogP contribution in [-0.4, -0.2) is 19.7 Å². The highest BCUT2D eigenvalue weighted by atomic mass is 32.1. The summed E-state index contributed by atoms with van der Waals surface area (Å²) in [7, 11) is 0. The molecule has 0 aliphatic carbocycles. The van der Waals surface area contributed by atoms with E-state index in [9.17, 15) is 0 Å². The van der Waals surface area contributed by atoms with E-state index >= 15 is 0 Å². The lowest BCUT2D eigenvalue weighted by Gasteiger charge is -1.95. The number of nitrogens with zero attached hydrogens (tertiary/aromatic N) is 4. The molecule has 0 aromatic carbocycles. The summed E-state index contributed by atoms with van der Waals surface area (Å²) >= 11 is 1.34. The Morgan fingerprint density at radius 2 is 2.43 bits per heavy atom. The molecule has 1 N–H and O–H groups in total. The first-order chi connectivity index (χ1) is 6.84. The van der Waals surface area contributed by atoms with E-state index in [4.69, 9.17) is 4.52 Å². The van der Waals surface area contributed by atoms with Crippen LogP contribution < -0.4 is 5.32 Å². The number of hydrogen-bond acceptors (Lipinski definition) is 7. The van der Waals surface area contributed by atoms with Crippen molar-refractivity contribution in [3.63, 3.8) is 0 Å². The molecule has 7 heteroatoms. The fraction of sp³-hybridized carbons (Fsp3) is 0.429. The van der Waals surface area contributed by atoms with E-state index in [0.29, 0.717) is 24.8 Å². The van der Waals surface area contributed by atoms with Gasteiger partial charge in [0.15, 0.2) is 5.82 Å². The number of aryl methyl sites for hydroxylation is 1. The van der Waals surface area contributed by atoms with Crippen molar-refractivity contribution in [2.45, 2.75) is 20.0 Å². The summed E-state index contributed by atoms with van der Waals surface area (Å²) in [5.74, 6) is 1.24. The predicted octanol–water partition coefficient (Wildman–Crippen LogP) is 0.519. The molecule has 6 nitrogen and oxygen atoms in total. The Morgan fingerprint density at radius 3 is 3.07 bits per heavy atom. The zero-order valence-corrected chi connectivity index (χ0v) is 8.41.